The number of carbonyl (C=O) groups excluding carboxylic acids is 2. The zero-order valence-corrected chi connectivity index (χ0v) is 19.0. The number of carbonyl (C=O) groups is 2. The summed E-state index contributed by atoms with van der Waals surface area (Å²) in [5.41, 5.74) is 4.61. The van der Waals surface area contributed by atoms with Gasteiger partial charge in [-0.15, -0.1) is 0 Å². The van der Waals surface area contributed by atoms with E-state index < -0.39 is 0 Å². The van der Waals surface area contributed by atoms with Gasteiger partial charge in [0.2, 0.25) is 5.91 Å². The minimum absolute atomic E-state index is 0.00253. The molecule has 1 saturated heterocycles. The van der Waals surface area contributed by atoms with Crippen molar-refractivity contribution in [2.75, 3.05) is 37.7 Å². The van der Waals surface area contributed by atoms with Crippen LogP contribution in [-0.4, -0.2) is 59.5 Å². The molecule has 7 heteroatoms. The average Bonchev–Trinajstić information content (AvgIpc) is 2.74. The first kappa shape index (κ1) is 22.7. The van der Waals surface area contributed by atoms with Crippen LogP contribution in [0.15, 0.2) is 24.3 Å². The van der Waals surface area contributed by atoms with E-state index in [1.807, 2.05) is 18.7 Å². The highest BCUT2D eigenvalue weighted by atomic mass is 16.5. The van der Waals surface area contributed by atoms with Gasteiger partial charge in [-0.25, -0.2) is 9.97 Å². The van der Waals surface area contributed by atoms with E-state index in [0.29, 0.717) is 32.8 Å². The fourth-order valence-corrected chi connectivity index (χ4v) is 3.98. The van der Waals surface area contributed by atoms with Crippen molar-refractivity contribution in [2.24, 2.45) is 0 Å². The van der Waals surface area contributed by atoms with E-state index in [9.17, 15) is 9.59 Å². The van der Waals surface area contributed by atoms with E-state index in [-0.39, 0.29) is 24.7 Å². The number of hydrogen-bond acceptors (Lipinski definition) is 6. The molecule has 166 valence electrons. The predicted molar refractivity (Wildman–Crippen MR) is 120 cm³/mol. The summed E-state index contributed by atoms with van der Waals surface area (Å²) in [7, 11) is 0. The first-order valence-electron chi connectivity index (χ1n) is 11.0. The number of esters is 1. The van der Waals surface area contributed by atoms with Gasteiger partial charge in [0.25, 0.3) is 0 Å². The minimum Gasteiger partial charge on any atom is -0.466 e. The van der Waals surface area contributed by atoms with Crippen LogP contribution < -0.4 is 4.90 Å². The van der Waals surface area contributed by atoms with E-state index in [4.69, 9.17) is 9.72 Å². The number of benzene rings is 1. The van der Waals surface area contributed by atoms with Gasteiger partial charge in [-0.1, -0.05) is 29.8 Å². The monoisotopic (exact) mass is 424 g/mol. The molecule has 0 bridgehead atoms. The number of piperazine rings is 1. The lowest BCUT2D eigenvalue weighted by Gasteiger charge is -2.36. The van der Waals surface area contributed by atoms with Crippen molar-refractivity contribution in [2.45, 2.75) is 47.0 Å². The number of anilines is 1. The van der Waals surface area contributed by atoms with Crippen molar-refractivity contribution in [3.63, 3.8) is 0 Å². The smallest absolute Gasteiger partial charge is 0.306 e. The van der Waals surface area contributed by atoms with Crippen LogP contribution in [0.3, 0.4) is 0 Å². The number of aromatic nitrogens is 2. The molecule has 0 aliphatic carbocycles. The topological polar surface area (TPSA) is 75.6 Å². The zero-order chi connectivity index (χ0) is 22.4. The van der Waals surface area contributed by atoms with Gasteiger partial charge in [-0.3, -0.25) is 9.59 Å². The first-order chi connectivity index (χ1) is 14.9. The molecule has 2 aromatic rings. The van der Waals surface area contributed by atoms with E-state index >= 15 is 0 Å². The van der Waals surface area contributed by atoms with E-state index in [1.54, 1.807) is 6.92 Å². The Bertz CT molecular complexity index is 936. The summed E-state index contributed by atoms with van der Waals surface area (Å²) >= 11 is 0. The van der Waals surface area contributed by atoms with Gasteiger partial charge in [-0.05, 0) is 33.3 Å². The molecule has 1 aliphatic heterocycles. The quantitative estimate of drug-likeness (QED) is 0.636. The molecular weight excluding hydrogens is 392 g/mol. The molecule has 0 N–H and O–H groups in total. The molecule has 0 radical (unpaired) electrons. The number of ether oxygens (including phenoxy) is 1. The first-order valence-corrected chi connectivity index (χ1v) is 11.0. The molecule has 1 aromatic carbocycles. The summed E-state index contributed by atoms with van der Waals surface area (Å²) < 4.78 is 4.91. The lowest BCUT2D eigenvalue weighted by molar-refractivity contribution is -0.145. The maximum Gasteiger partial charge on any atom is 0.306 e. The normalized spacial score (nSPS) is 13.9. The standard InChI is InChI=1S/C24H32N4O3/c1-5-31-23(30)10-9-22(29)27-11-13-28(14-12-27)24-21(18(3)25-19(4)26-24)16-20-8-6-7-17(2)15-20/h6-8,15H,5,9-14,16H2,1-4H3. The fraction of sp³-hybridized carbons (Fsp3) is 0.500. The summed E-state index contributed by atoms with van der Waals surface area (Å²) in [4.78, 5) is 37.5. The SMILES string of the molecule is CCOC(=O)CCC(=O)N1CCN(c2nc(C)nc(C)c2Cc2cccc(C)c2)CC1. The molecule has 31 heavy (non-hydrogen) atoms. The third-order valence-electron chi connectivity index (χ3n) is 5.55. The number of aryl methyl sites for hydroxylation is 3. The molecule has 7 nitrogen and oxygen atoms in total. The maximum atomic E-state index is 12.5. The minimum atomic E-state index is -0.317. The highest BCUT2D eigenvalue weighted by Gasteiger charge is 2.25. The van der Waals surface area contributed by atoms with E-state index in [1.165, 1.54) is 11.1 Å². The second kappa shape index (κ2) is 10.4. The van der Waals surface area contributed by atoms with Crippen molar-refractivity contribution in [1.29, 1.82) is 0 Å². The fourth-order valence-electron chi connectivity index (χ4n) is 3.98. The van der Waals surface area contributed by atoms with Crippen LogP contribution in [-0.2, 0) is 20.7 Å². The molecule has 0 unspecified atom stereocenters. The zero-order valence-electron chi connectivity index (χ0n) is 19.0. The Morgan fingerprint density at radius 1 is 1.03 bits per heavy atom. The molecular formula is C24H32N4O3. The number of rotatable bonds is 7. The van der Waals surface area contributed by atoms with Crippen LogP contribution in [0.25, 0.3) is 0 Å². The third kappa shape index (κ3) is 6.03. The van der Waals surface area contributed by atoms with Crippen molar-refractivity contribution in [3.05, 3.63) is 52.5 Å². The number of nitrogens with zero attached hydrogens (tertiary/aromatic N) is 4. The highest BCUT2D eigenvalue weighted by molar-refractivity contribution is 5.81. The van der Waals surface area contributed by atoms with Crippen LogP contribution in [0.2, 0.25) is 0 Å². The highest BCUT2D eigenvalue weighted by Crippen LogP contribution is 2.25. The Hall–Kier alpha value is -2.96. The summed E-state index contributed by atoms with van der Waals surface area (Å²) in [6.07, 6.45) is 1.11. The molecule has 1 aliphatic rings. The Labute approximate surface area is 184 Å². The summed E-state index contributed by atoms with van der Waals surface area (Å²) in [6, 6.07) is 8.51. The maximum absolute atomic E-state index is 12.5. The Balaban J connectivity index is 1.68. The molecule has 1 fully saturated rings. The molecule has 2 heterocycles. The van der Waals surface area contributed by atoms with Crippen LogP contribution in [0.4, 0.5) is 5.82 Å². The molecule has 0 atom stereocenters. The van der Waals surface area contributed by atoms with Crippen molar-refractivity contribution in [3.8, 4) is 0 Å². The Morgan fingerprint density at radius 3 is 2.45 bits per heavy atom. The van der Waals surface area contributed by atoms with Gasteiger partial charge in [0.05, 0.1) is 13.0 Å². The van der Waals surface area contributed by atoms with E-state index in [0.717, 1.165) is 29.3 Å². The Kier molecular flexibility index (Phi) is 7.60. The van der Waals surface area contributed by atoms with E-state index in [2.05, 4.69) is 41.1 Å². The number of hydrogen-bond donors (Lipinski definition) is 0. The number of amides is 1. The molecule has 3 rings (SSSR count). The van der Waals surface area contributed by atoms with Crippen molar-refractivity contribution < 1.29 is 14.3 Å². The summed E-state index contributed by atoms with van der Waals surface area (Å²) in [6.45, 7) is 10.8. The van der Waals surface area contributed by atoms with Gasteiger partial charge in [-0.2, -0.15) is 0 Å². The van der Waals surface area contributed by atoms with Gasteiger partial charge < -0.3 is 14.5 Å². The van der Waals surface area contributed by atoms with Crippen molar-refractivity contribution >= 4 is 17.7 Å². The van der Waals surface area contributed by atoms with Crippen LogP contribution >= 0.6 is 0 Å². The second-order valence-corrected chi connectivity index (χ2v) is 8.00. The van der Waals surface area contributed by atoms with Gasteiger partial charge in [0.1, 0.15) is 11.6 Å². The summed E-state index contributed by atoms with van der Waals surface area (Å²) in [5, 5.41) is 0. The average molecular weight is 425 g/mol. The largest absolute Gasteiger partial charge is 0.466 e. The lowest BCUT2D eigenvalue weighted by Crippen LogP contribution is -2.49. The third-order valence-corrected chi connectivity index (χ3v) is 5.55. The molecule has 0 spiro atoms. The Morgan fingerprint density at radius 2 is 1.77 bits per heavy atom. The van der Waals surface area contributed by atoms with Crippen molar-refractivity contribution in [1.82, 2.24) is 14.9 Å². The summed E-state index contributed by atoms with van der Waals surface area (Å²) in [5.74, 6) is 1.41. The van der Waals surface area contributed by atoms with Crippen LogP contribution in [0.5, 0.6) is 0 Å². The predicted octanol–water partition coefficient (Wildman–Crippen LogP) is 2.98. The van der Waals surface area contributed by atoms with Gasteiger partial charge >= 0.3 is 5.97 Å². The van der Waals surface area contributed by atoms with Crippen LogP contribution in [0, 0.1) is 20.8 Å². The molecule has 1 aromatic heterocycles. The molecule has 1 amide bonds. The molecule has 0 saturated carbocycles. The second-order valence-electron chi connectivity index (χ2n) is 8.00. The van der Waals surface area contributed by atoms with Gasteiger partial charge in [0.15, 0.2) is 0 Å². The van der Waals surface area contributed by atoms with Crippen LogP contribution in [0.1, 0.15) is 48.0 Å². The lowest BCUT2D eigenvalue weighted by atomic mass is 10.0. The van der Waals surface area contributed by atoms with Gasteiger partial charge in [0, 0.05) is 50.3 Å².